The fraction of sp³-hybridized carbons (Fsp3) is 0.533. The molecule has 1 unspecified atom stereocenters. The third-order valence-corrected chi connectivity index (χ3v) is 4.11. The van der Waals surface area contributed by atoms with E-state index in [1.165, 1.54) is 0 Å². The lowest BCUT2D eigenvalue weighted by Gasteiger charge is -2.20. The van der Waals surface area contributed by atoms with Gasteiger partial charge in [-0.15, -0.1) is 0 Å². The van der Waals surface area contributed by atoms with Crippen LogP contribution in [0, 0.1) is 12.3 Å². The zero-order chi connectivity index (χ0) is 14.4. The maximum Gasteiger partial charge on any atom is 0.172 e. The van der Waals surface area contributed by atoms with Crippen LogP contribution in [0.1, 0.15) is 52.6 Å². The summed E-state index contributed by atoms with van der Waals surface area (Å²) in [4.78, 5) is 12.4. The molecule has 1 aromatic carbocycles. The molecule has 0 spiro atoms. The number of benzene rings is 1. The minimum Gasteiger partial charge on any atom is -0.396 e. The van der Waals surface area contributed by atoms with E-state index in [4.69, 9.17) is 5.11 Å². The van der Waals surface area contributed by atoms with Crippen LogP contribution in [0.5, 0.6) is 0 Å². The molecule has 0 amide bonds. The molecule has 1 aliphatic carbocycles. The molecule has 0 aromatic heterocycles. The number of aliphatic hydroxyl groups excluding tert-OH is 3. The van der Waals surface area contributed by atoms with E-state index in [1.807, 2.05) is 6.92 Å². The van der Waals surface area contributed by atoms with Gasteiger partial charge in [0.25, 0.3) is 0 Å². The molecule has 0 saturated carbocycles. The molecular formula is C15H20O4. The molecule has 3 N–H and O–H groups in total. The summed E-state index contributed by atoms with van der Waals surface area (Å²) in [6, 6.07) is 1.80. The van der Waals surface area contributed by atoms with Gasteiger partial charge in [0.2, 0.25) is 0 Å². The Morgan fingerprint density at radius 1 is 1.26 bits per heavy atom. The summed E-state index contributed by atoms with van der Waals surface area (Å²) >= 11 is 0. The number of ketones is 1. The molecule has 1 aliphatic rings. The maximum absolute atomic E-state index is 12.4. The Bertz CT molecular complexity index is 531. The van der Waals surface area contributed by atoms with Crippen molar-refractivity contribution < 1.29 is 20.1 Å². The van der Waals surface area contributed by atoms with Crippen molar-refractivity contribution in [3.05, 3.63) is 33.9 Å². The van der Waals surface area contributed by atoms with Gasteiger partial charge in [-0.25, -0.2) is 0 Å². The summed E-state index contributed by atoms with van der Waals surface area (Å²) in [6.45, 7) is 5.00. The first-order valence-corrected chi connectivity index (χ1v) is 6.46. The van der Waals surface area contributed by atoms with Crippen LogP contribution >= 0.6 is 0 Å². The lowest BCUT2D eigenvalue weighted by molar-refractivity contribution is 0.0491. The summed E-state index contributed by atoms with van der Waals surface area (Å²) in [6.07, 6.45) is -0.444. The first kappa shape index (κ1) is 14.2. The molecule has 0 heterocycles. The largest absolute Gasteiger partial charge is 0.396 e. The van der Waals surface area contributed by atoms with E-state index >= 15 is 0 Å². The zero-order valence-electron chi connectivity index (χ0n) is 11.5. The molecule has 104 valence electrons. The Kier molecular flexibility index (Phi) is 3.51. The van der Waals surface area contributed by atoms with Gasteiger partial charge in [0.1, 0.15) is 0 Å². The first-order chi connectivity index (χ1) is 8.86. The molecule has 4 nitrogen and oxygen atoms in total. The molecule has 0 aliphatic heterocycles. The van der Waals surface area contributed by atoms with Crippen molar-refractivity contribution >= 4 is 5.78 Å². The third kappa shape index (κ3) is 1.91. The van der Waals surface area contributed by atoms with Gasteiger partial charge in [-0.1, -0.05) is 6.07 Å². The number of carbonyl (C=O) groups is 1. The SMILES string of the molecule is Cc1cc2c(c(CO)c1CCO)C(=O)C(C)(C)C2O. The normalized spacial score (nSPS) is 20.7. The summed E-state index contributed by atoms with van der Waals surface area (Å²) < 4.78 is 0. The van der Waals surface area contributed by atoms with Crippen molar-refractivity contribution in [1.82, 2.24) is 0 Å². The fourth-order valence-electron chi connectivity index (χ4n) is 2.91. The summed E-state index contributed by atoms with van der Waals surface area (Å²) in [5.74, 6) is -0.141. The lowest BCUT2D eigenvalue weighted by atomic mass is 9.86. The van der Waals surface area contributed by atoms with Crippen LogP contribution in [0.4, 0.5) is 0 Å². The van der Waals surface area contributed by atoms with Crippen molar-refractivity contribution in [2.75, 3.05) is 6.61 Å². The van der Waals surface area contributed by atoms with E-state index in [1.54, 1.807) is 19.9 Å². The van der Waals surface area contributed by atoms with E-state index in [0.29, 0.717) is 23.1 Å². The van der Waals surface area contributed by atoms with Crippen molar-refractivity contribution in [2.24, 2.45) is 5.41 Å². The Hall–Kier alpha value is -1.23. The predicted molar refractivity (Wildman–Crippen MR) is 71.0 cm³/mol. The predicted octanol–water partition coefficient (Wildman–Crippen LogP) is 1.28. The minimum atomic E-state index is -0.865. The molecule has 1 atom stereocenters. The molecular weight excluding hydrogens is 244 g/mol. The highest BCUT2D eigenvalue weighted by Crippen LogP contribution is 2.47. The van der Waals surface area contributed by atoms with Crippen LogP contribution in [-0.2, 0) is 13.0 Å². The number of hydrogen-bond acceptors (Lipinski definition) is 4. The Morgan fingerprint density at radius 2 is 1.89 bits per heavy atom. The standard InChI is InChI=1S/C15H20O4/c1-8-6-10-12(11(7-17)9(8)4-5-16)14(19)15(2,3)13(10)18/h6,13,16-18H,4-5,7H2,1-3H3. The van der Waals surface area contributed by atoms with Gasteiger partial charge < -0.3 is 15.3 Å². The van der Waals surface area contributed by atoms with Gasteiger partial charge in [-0.3, -0.25) is 4.79 Å². The lowest BCUT2D eigenvalue weighted by Crippen LogP contribution is -2.24. The van der Waals surface area contributed by atoms with Crippen molar-refractivity contribution in [2.45, 2.75) is 39.9 Å². The van der Waals surface area contributed by atoms with Gasteiger partial charge in [0, 0.05) is 12.2 Å². The second-order valence-electron chi connectivity index (χ2n) is 5.70. The Morgan fingerprint density at radius 3 is 2.42 bits per heavy atom. The Labute approximate surface area is 112 Å². The molecule has 0 saturated heterocycles. The molecule has 0 bridgehead atoms. The topological polar surface area (TPSA) is 77.8 Å². The first-order valence-electron chi connectivity index (χ1n) is 6.46. The van der Waals surface area contributed by atoms with Crippen LogP contribution in [0.15, 0.2) is 6.07 Å². The number of hydrogen-bond donors (Lipinski definition) is 3. The number of rotatable bonds is 3. The molecule has 1 aromatic rings. The fourth-order valence-corrected chi connectivity index (χ4v) is 2.91. The van der Waals surface area contributed by atoms with Crippen LogP contribution in [0.3, 0.4) is 0 Å². The maximum atomic E-state index is 12.4. The summed E-state index contributed by atoms with van der Waals surface area (Å²) in [5.41, 5.74) is 2.42. The van der Waals surface area contributed by atoms with Crippen LogP contribution in [0.2, 0.25) is 0 Å². The van der Waals surface area contributed by atoms with Crippen LogP contribution in [-0.4, -0.2) is 27.7 Å². The van der Waals surface area contributed by atoms with Crippen LogP contribution in [0.25, 0.3) is 0 Å². The number of fused-ring (bicyclic) bond motifs is 1. The van der Waals surface area contributed by atoms with Gasteiger partial charge in [-0.05, 0) is 49.4 Å². The van der Waals surface area contributed by atoms with Gasteiger partial charge >= 0.3 is 0 Å². The quantitative estimate of drug-likeness (QED) is 0.768. The second-order valence-corrected chi connectivity index (χ2v) is 5.70. The molecule has 19 heavy (non-hydrogen) atoms. The van der Waals surface area contributed by atoms with Gasteiger partial charge in [0.15, 0.2) is 5.78 Å². The average molecular weight is 264 g/mol. The molecule has 0 radical (unpaired) electrons. The molecule has 4 heteroatoms. The number of aryl methyl sites for hydroxylation is 1. The molecule has 0 fully saturated rings. The minimum absolute atomic E-state index is 0.0350. The average Bonchev–Trinajstić information content (AvgIpc) is 2.53. The van der Waals surface area contributed by atoms with Crippen molar-refractivity contribution in [3.63, 3.8) is 0 Å². The van der Waals surface area contributed by atoms with E-state index in [2.05, 4.69) is 0 Å². The van der Waals surface area contributed by atoms with Gasteiger partial charge in [0.05, 0.1) is 18.1 Å². The number of aliphatic hydroxyl groups is 3. The highest BCUT2D eigenvalue weighted by atomic mass is 16.3. The number of carbonyl (C=O) groups excluding carboxylic acids is 1. The third-order valence-electron chi connectivity index (χ3n) is 4.11. The van der Waals surface area contributed by atoms with E-state index in [0.717, 1.165) is 11.1 Å². The van der Waals surface area contributed by atoms with Crippen LogP contribution < -0.4 is 0 Å². The summed E-state index contributed by atoms with van der Waals surface area (Å²) in [7, 11) is 0. The summed E-state index contributed by atoms with van der Waals surface area (Å²) in [5, 5.41) is 29.0. The highest BCUT2D eigenvalue weighted by Gasteiger charge is 2.47. The van der Waals surface area contributed by atoms with Crippen molar-refractivity contribution in [1.29, 1.82) is 0 Å². The van der Waals surface area contributed by atoms with E-state index in [9.17, 15) is 15.0 Å². The van der Waals surface area contributed by atoms with Crippen molar-refractivity contribution in [3.8, 4) is 0 Å². The number of Topliss-reactive ketones (excluding diaryl/α,β-unsaturated/α-hetero) is 1. The Balaban J connectivity index is 2.73. The van der Waals surface area contributed by atoms with Gasteiger partial charge in [-0.2, -0.15) is 0 Å². The van der Waals surface area contributed by atoms with E-state index in [-0.39, 0.29) is 19.0 Å². The highest BCUT2D eigenvalue weighted by molar-refractivity contribution is 6.06. The molecule has 2 rings (SSSR count). The second kappa shape index (κ2) is 4.71. The van der Waals surface area contributed by atoms with E-state index < -0.39 is 11.5 Å². The zero-order valence-corrected chi connectivity index (χ0v) is 11.5. The monoisotopic (exact) mass is 264 g/mol. The smallest absolute Gasteiger partial charge is 0.172 e.